The molecule has 0 fully saturated rings. The average molecular weight is 238 g/mol. The fraction of sp³-hybridized carbons (Fsp3) is 0.500. The van der Waals surface area contributed by atoms with E-state index in [1.807, 2.05) is 13.8 Å². The Morgan fingerprint density at radius 3 is 2.88 bits per heavy atom. The lowest BCUT2D eigenvalue weighted by atomic mass is 9.97. The summed E-state index contributed by atoms with van der Waals surface area (Å²) >= 11 is 0. The summed E-state index contributed by atoms with van der Waals surface area (Å²) < 4.78 is 0. The van der Waals surface area contributed by atoms with Gasteiger partial charge in [-0.3, -0.25) is 14.6 Å². The first-order valence-corrected chi connectivity index (χ1v) is 5.41. The molecule has 0 aliphatic carbocycles. The molecule has 0 saturated carbocycles. The second-order valence-corrected chi connectivity index (χ2v) is 4.68. The molecule has 0 spiro atoms. The Labute approximate surface area is 101 Å². The van der Waals surface area contributed by atoms with Gasteiger partial charge in [0.2, 0.25) is 0 Å². The fourth-order valence-electron chi connectivity index (χ4n) is 1.12. The second kappa shape index (κ2) is 5.75. The van der Waals surface area contributed by atoms with Gasteiger partial charge in [-0.05, 0) is 19.1 Å². The van der Waals surface area contributed by atoms with Crippen molar-refractivity contribution in [3.63, 3.8) is 0 Å². The predicted molar refractivity (Wildman–Crippen MR) is 63.3 cm³/mol. The van der Waals surface area contributed by atoms with Gasteiger partial charge in [-0.15, -0.1) is 0 Å². The van der Waals surface area contributed by atoms with E-state index >= 15 is 0 Å². The molecular weight excluding hydrogens is 220 g/mol. The molecule has 0 radical (unpaired) electrons. The SMILES string of the molecule is Cc1ncccc1C(=O)NOCC(C)(C)CO. The van der Waals surface area contributed by atoms with Gasteiger partial charge >= 0.3 is 0 Å². The topological polar surface area (TPSA) is 71.5 Å². The molecule has 0 saturated heterocycles. The van der Waals surface area contributed by atoms with Crippen LogP contribution in [0.3, 0.4) is 0 Å². The van der Waals surface area contributed by atoms with E-state index in [1.165, 1.54) is 0 Å². The van der Waals surface area contributed by atoms with E-state index in [0.717, 1.165) is 0 Å². The van der Waals surface area contributed by atoms with Gasteiger partial charge in [0, 0.05) is 11.6 Å². The Balaban J connectivity index is 2.49. The van der Waals surface area contributed by atoms with Crippen LogP contribution < -0.4 is 5.48 Å². The van der Waals surface area contributed by atoms with Gasteiger partial charge in [-0.25, -0.2) is 5.48 Å². The van der Waals surface area contributed by atoms with Crippen molar-refractivity contribution >= 4 is 5.91 Å². The molecule has 0 aromatic carbocycles. The van der Waals surface area contributed by atoms with E-state index in [-0.39, 0.29) is 24.5 Å². The summed E-state index contributed by atoms with van der Waals surface area (Å²) in [6.45, 7) is 5.68. The number of pyridine rings is 1. The number of aliphatic hydroxyl groups is 1. The van der Waals surface area contributed by atoms with Crippen LogP contribution in [0.5, 0.6) is 0 Å². The summed E-state index contributed by atoms with van der Waals surface area (Å²) in [6, 6.07) is 3.37. The van der Waals surface area contributed by atoms with Gasteiger partial charge in [-0.2, -0.15) is 0 Å². The predicted octanol–water partition coefficient (Wildman–Crippen LogP) is 1.07. The molecule has 1 rings (SSSR count). The molecule has 5 nitrogen and oxygen atoms in total. The summed E-state index contributed by atoms with van der Waals surface area (Å²) in [5, 5.41) is 9.02. The van der Waals surface area contributed by atoms with Crippen LogP contribution in [0, 0.1) is 12.3 Å². The zero-order valence-corrected chi connectivity index (χ0v) is 10.4. The van der Waals surface area contributed by atoms with Gasteiger partial charge in [0.15, 0.2) is 0 Å². The van der Waals surface area contributed by atoms with Crippen molar-refractivity contribution in [1.82, 2.24) is 10.5 Å². The van der Waals surface area contributed by atoms with Crippen molar-refractivity contribution in [2.24, 2.45) is 5.41 Å². The third kappa shape index (κ3) is 4.13. The summed E-state index contributed by atoms with van der Waals surface area (Å²) in [6.07, 6.45) is 1.63. The van der Waals surface area contributed by atoms with Gasteiger partial charge in [-0.1, -0.05) is 13.8 Å². The maximum Gasteiger partial charge on any atom is 0.276 e. The number of aromatic nitrogens is 1. The maximum absolute atomic E-state index is 11.7. The van der Waals surface area contributed by atoms with Crippen LogP contribution in [-0.2, 0) is 4.84 Å². The maximum atomic E-state index is 11.7. The lowest BCUT2D eigenvalue weighted by Gasteiger charge is -2.20. The van der Waals surface area contributed by atoms with E-state index in [9.17, 15) is 4.79 Å². The lowest BCUT2D eigenvalue weighted by Crippen LogP contribution is -2.32. The fourth-order valence-corrected chi connectivity index (χ4v) is 1.12. The van der Waals surface area contributed by atoms with Crippen molar-refractivity contribution < 1.29 is 14.7 Å². The first-order valence-electron chi connectivity index (χ1n) is 5.41. The summed E-state index contributed by atoms with van der Waals surface area (Å²) in [5.41, 5.74) is 3.09. The second-order valence-electron chi connectivity index (χ2n) is 4.68. The highest BCUT2D eigenvalue weighted by atomic mass is 16.7. The molecule has 1 amide bonds. The zero-order chi connectivity index (χ0) is 12.9. The molecule has 17 heavy (non-hydrogen) atoms. The highest BCUT2D eigenvalue weighted by Gasteiger charge is 2.18. The minimum absolute atomic E-state index is 0.00517. The Hall–Kier alpha value is -1.46. The number of nitrogens with zero attached hydrogens (tertiary/aromatic N) is 1. The van der Waals surface area contributed by atoms with E-state index < -0.39 is 0 Å². The molecule has 0 unspecified atom stereocenters. The number of hydroxylamine groups is 1. The Kier molecular flexibility index (Phi) is 4.60. The van der Waals surface area contributed by atoms with Crippen LogP contribution in [0.25, 0.3) is 0 Å². The first-order chi connectivity index (χ1) is 7.96. The van der Waals surface area contributed by atoms with Gasteiger partial charge in [0.05, 0.1) is 24.5 Å². The minimum atomic E-state index is -0.378. The molecule has 0 bridgehead atoms. The number of rotatable bonds is 5. The van der Waals surface area contributed by atoms with Crippen molar-refractivity contribution in [3.8, 4) is 0 Å². The summed E-state index contributed by atoms with van der Waals surface area (Å²) in [7, 11) is 0. The van der Waals surface area contributed by atoms with Crippen molar-refractivity contribution in [2.45, 2.75) is 20.8 Å². The van der Waals surface area contributed by atoms with Crippen LogP contribution >= 0.6 is 0 Å². The van der Waals surface area contributed by atoms with E-state index in [0.29, 0.717) is 11.3 Å². The molecular formula is C12H18N2O3. The zero-order valence-electron chi connectivity index (χ0n) is 10.4. The number of aryl methyl sites for hydroxylation is 1. The van der Waals surface area contributed by atoms with Gasteiger partial charge in [0.25, 0.3) is 5.91 Å². The number of carbonyl (C=O) groups excluding carboxylic acids is 1. The normalized spacial score (nSPS) is 11.3. The van der Waals surface area contributed by atoms with Gasteiger partial charge in [0.1, 0.15) is 0 Å². The van der Waals surface area contributed by atoms with Crippen molar-refractivity contribution in [1.29, 1.82) is 0 Å². The van der Waals surface area contributed by atoms with E-state index in [1.54, 1.807) is 25.3 Å². The molecule has 0 atom stereocenters. The van der Waals surface area contributed by atoms with Crippen LogP contribution in [0.4, 0.5) is 0 Å². The number of carbonyl (C=O) groups is 1. The number of nitrogens with one attached hydrogen (secondary N) is 1. The molecule has 1 aromatic heterocycles. The van der Waals surface area contributed by atoms with E-state index in [4.69, 9.17) is 9.94 Å². The lowest BCUT2D eigenvalue weighted by molar-refractivity contribution is -0.0198. The average Bonchev–Trinajstić information content (AvgIpc) is 2.29. The Morgan fingerprint density at radius 1 is 1.59 bits per heavy atom. The summed E-state index contributed by atoms with van der Waals surface area (Å²) in [5.74, 6) is -0.329. The molecule has 1 heterocycles. The molecule has 0 aliphatic rings. The van der Waals surface area contributed by atoms with Crippen molar-refractivity contribution in [3.05, 3.63) is 29.6 Å². The van der Waals surface area contributed by atoms with Crippen LogP contribution in [-0.4, -0.2) is 29.2 Å². The molecule has 1 aromatic rings. The minimum Gasteiger partial charge on any atom is -0.396 e. The highest BCUT2D eigenvalue weighted by molar-refractivity contribution is 5.94. The number of amides is 1. The molecule has 94 valence electrons. The molecule has 5 heteroatoms. The van der Waals surface area contributed by atoms with Crippen LogP contribution in [0.15, 0.2) is 18.3 Å². The van der Waals surface area contributed by atoms with Crippen LogP contribution in [0.2, 0.25) is 0 Å². The van der Waals surface area contributed by atoms with Crippen molar-refractivity contribution in [2.75, 3.05) is 13.2 Å². The number of hydrogen-bond acceptors (Lipinski definition) is 4. The third-order valence-corrected chi connectivity index (χ3v) is 2.31. The Bertz CT molecular complexity index is 391. The quantitative estimate of drug-likeness (QED) is 0.753. The molecule has 0 aliphatic heterocycles. The van der Waals surface area contributed by atoms with E-state index in [2.05, 4.69) is 10.5 Å². The molecule has 2 N–H and O–H groups in total. The standard InChI is InChI=1S/C12H18N2O3/c1-9-10(5-4-6-13-9)11(16)14-17-8-12(2,3)7-15/h4-6,15H,7-8H2,1-3H3,(H,14,16). The van der Waals surface area contributed by atoms with Gasteiger partial charge < -0.3 is 5.11 Å². The Morgan fingerprint density at radius 2 is 2.29 bits per heavy atom. The largest absolute Gasteiger partial charge is 0.396 e. The number of hydrogen-bond donors (Lipinski definition) is 2. The highest BCUT2D eigenvalue weighted by Crippen LogP contribution is 2.13. The summed E-state index contributed by atoms with van der Waals surface area (Å²) in [4.78, 5) is 20.8. The smallest absolute Gasteiger partial charge is 0.276 e. The monoisotopic (exact) mass is 238 g/mol. The third-order valence-electron chi connectivity index (χ3n) is 2.31. The first kappa shape index (κ1) is 13.6. The number of aliphatic hydroxyl groups excluding tert-OH is 1. The van der Waals surface area contributed by atoms with Crippen LogP contribution in [0.1, 0.15) is 29.9 Å².